The van der Waals surface area contributed by atoms with Crippen molar-refractivity contribution in [3.05, 3.63) is 77.3 Å². The molecule has 0 atom stereocenters. The first-order valence-electron chi connectivity index (χ1n) is 8.90. The molecule has 4 aromatic rings. The standard InChI is InChI=1S/C21H15ClN4O2S2/c22-16-10-3-4-11-17(16)23-18(27)12-29-21-26-25-20(30-21)24-19(28)15-9-5-7-13-6-1-2-8-14(13)15/h1-11H,12H2,(H,23,27)(H,24,25,28). The zero-order valence-electron chi connectivity index (χ0n) is 15.5. The average molecular weight is 455 g/mol. The van der Waals surface area contributed by atoms with Gasteiger partial charge >= 0.3 is 0 Å². The first-order chi connectivity index (χ1) is 14.6. The number of thioether (sulfide) groups is 1. The fraction of sp³-hybridized carbons (Fsp3) is 0.0476. The summed E-state index contributed by atoms with van der Waals surface area (Å²) in [6.07, 6.45) is 0. The molecule has 0 spiro atoms. The highest BCUT2D eigenvalue weighted by molar-refractivity contribution is 8.01. The number of hydrogen-bond acceptors (Lipinski definition) is 6. The molecule has 0 fully saturated rings. The van der Waals surface area contributed by atoms with Crippen LogP contribution in [-0.4, -0.2) is 27.8 Å². The number of rotatable bonds is 6. The number of amides is 2. The van der Waals surface area contributed by atoms with Crippen molar-refractivity contribution in [2.24, 2.45) is 0 Å². The van der Waals surface area contributed by atoms with Crippen molar-refractivity contribution in [3.8, 4) is 0 Å². The second-order valence-corrected chi connectivity index (χ2v) is 8.78. The number of hydrogen-bond donors (Lipinski definition) is 2. The number of nitrogens with zero attached hydrogens (tertiary/aromatic N) is 2. The van der Waals surface area contributed by atoms with Gasteiger partial charge in [0.1, 0.15) is 0 Å². The van der Waals surface area contributed by atoms with Crippen LogP contribution in [0, 0.1) is 0 Å². The van der Waals surface area contributed by atoms with E-state index in [1.54, 1.807) is 30.3 Å². The molecule has 6 nitrogen and oxygen atoms in total. The van der Waals surface area contributed by atoms with Gasteiger partial charge < -0.3 is 5.32 Å². The number of anilines is 2. The molecule has 150 valence electrons. The number of carbonyl (C=O) groups is 2. The summed E-state index contributed by atoms with van der Waals surface area (Å²) >= 11 is 8.50. The van der Waals surface area contributed by atoms with E-state index < -0.39 is 0 Å². The zero-order chi connectivity index (χ0) is 20.9. The lowest BCUT2D eigenvalue weighted by Gasteiger charge is -2.06. The maximum absolute atomic E-state index is 12.7. The zero-order valence-corrected chi connectivity index (χ0v) is 17.9. The molecular weight excluding hydrogens is 440 g/mol. The van der Waals surface area contributed by atoms with Crippen LogP contribution in [0.2, 0.25) is 5.02 Å². The van der Waals surface area contributed by atoms with Crippen molar-refractivity contribution in [2.75, 3.05) is 16.4 Å². The molecule has 0 saturated heterocycles. The highest BCUT2D eigenvalue weighted by atomic mass is 35.5. The quantitative estimate of drug-likeness (QED) is 0.304. The highest BCUT2D eigenvalue weighted by Crippen LogP contribution is 2.27. The van der Waals surface area contributed by atoms with Crippen molar-refractivity contribution in [1.82, 2.24) is 10.2 Å². The molecular formula is C21H15ClN4O2S2. The Morgan fingerprint density at radius 1 is 0.933 bits per heavy atom. The van der Waals surface area contributed by atoms with E-state index in [4.69, 9.17) is 11.6 Å². The normalized spacial score (nSPS) is 10.7. The third-order valence-corrected chi connectivity index (χ3v) is 6.44. The predicted molar refractivity (Wildman–Crippen MR) is 123 cm³/mol. The van der Waals surface area contributed by atoms with E-state index in [-0.39, 0.29) is 17.6 Å². The first kappa shape index (κ1) is 20.3. The van der Waals surface area contributed by atoms with Crippen LogP contribution in [0.15, 0.2) is 71.1 Å². The Balaban J connectivity index is 1.36. The predicted octanol–water partition coefficient (Wildman–Crippen LogP) is 5.33. The van der Waals surface area contributed by atoms with Gasteiger partial charge in [-0.15, -0.1) is 10.2 Å². The molecule has 0 aliphatic heterocycles. The Kier molecular flexibility index (Phi) is 6.27. The summed E-state index contributed by atoms with van der Waals surface area (Å²) in [6.45, 7) is 0. The summed E-state index contributed by atoms with van der Waals surface area (Å²) in [5, 5.41) is 16.3. The van der Waals surface area contributed by atoms with Gasteiger partial charge in [0.25, 0.3) is 5.91 Å². The molecule has 3 aromatic carbocycles. The van der Waals surface area contributed by atoms with Crippen molar-refractivity contribution < 1.29 is 9.59 Å². The molecule has 1 heterocycles. The van der Waals surface area contributed by atoms with Crippen molar-refractivity contribution in [1.29, 1.82) is 0 Å². The molecule has 2 amide bonds. The van der Waals surface area contributed by atoms with Gasteiger partial charge in [0.2, 0.25) is 11.0 Å². The van der Waals surface area contributed by atoms with Crippen LogP contribution >= 0.6 is 34.7 Å². The van der Waals surface area contributed by atoms with Crippen molar-refractivity contribution >= 4 is 68.1 Å². The van der Waals surface area contributed by atoms with Gasteiger partial charge in [0.05, 0.1) is 16.5 Å². The number of para-hydroxylation sites is 1. The Hall–Kier alpha value is -2.94. The van der Waals surface area contributed by atoms with Gasteiger partial charge in [0.15, 0.2) is 4.34 Å². The van der Waals surface area contributed by atoms with Crippen LogP contribution in [0.25, 0.3) is 10.8 Å². The van der Waals surface area contributed by atoms with Crippen molar-refractivity contribution in [3.63, 3.8) is 0 Å². The SMILES string of the molecule is O=C(CSc1nnc(NC(=O)c2cccc3ccccc23)s1)Nc1ccccc1Cl. The Morgan fingerprint density at radius 2 is 1.70 bits per heavy atom. The lowest BCUT2D eigenvalue weighted by molar-refractivity contribution is -0.113. The average Bonchev–Trinajstić information content (AvgIpc) is 3.21. The minimum absolute atomic E-state index is 0.150. The topological polar surface area (TPSA) is 84.0 Å². The molecule has 0 aliphatic rings. The maximum Gasteiger partial charge on any atom is 0.258 e. The second kappa shape index (κ2) is 9.25. The number of halogens is 1. The minimum Gasteiger partial charge on any atom is -0.324 e. The van der Waals surface area contributed by atoms with Gasteiger partial charge in [-0.3, -0.25) is 14.9 Å². The summed E-state index contributed by atoms with van der Waals surface area (Å²) < 4.78 is 0.581. The van der Waals surface area contributed by atoms with Gasteiger partial charge in [-0.05, 0) is 29.0 Å². The van der Waals surface area contributed by atoms with Gasteiger partial charge in [-0.25, -0.2) is 0 Å². The van der Waals surface area contributed by atoms with Crippen LogP contribution < -0.4 is 10.6 Å². The molecule has 0 unspecified atom stereocenters. The molecule has 2 N–H and O–H groups in total. The smallest absolute Gasteiger partial charge is 0.258 e. The Bertz CT molecular complexity index is 1220. The minimum atomic E-state index is -0.254. The number of fused-ring (bicyclic) bond motifs is 1. The third-order valence-electron chi connectivity index (χ3n) is 4.14. The van der Waals surface area contributed by atoms with E-state index in [0.717, 1.165) is 10.8 Å². The lowest BCUT2D eigenvalue weighted by atomic mass is 10.0. The van der Waals surface area contributed by atoms with Gasteiger partial charge in [-0.2, -0.15) is 0 Å². The van der Waals surface area contributed by atoms with Gasteiger partial charge in [0, 0.05) is 5.56 Å². The molecule has 30 heavy (non-hydrogen) atoms. The lowest BCUT2D eigenvalue weighted by Crippen LogP contribution is -2.14. The van der Waals surface area contributed by atoms with E-state index in [1.807, 2.05) is 36.4 Å². The van der Waals surface area contributed by atoms with E-state index in [1.165, 1.54) is 23.1 Å². The van der Waals surface area contributed by atoms with E-state index in [0.29, 0.717) is 25.7 Å². The molecule has 0 radical (unpaired) electrons. The van der Waals surface area contributed by atoms with E-state index in [2.05, 4.69) is 20.8 Å². The second-order valence-electron chi connectivity index (χ2n) is 6.17. The van der Waals surface area contributed by atoms with Gasteiger partial charge in [-0.1, -0.05) is 83.2 Å². The van der Waals surface area contributed by atoms with E-state index in [9.17, 15) is 9.59 Å². The number of nitrogens with one attached hydrogen (secondary N) is 2. The fourth-order valence-electron chi connectivity index (χ4n) is 2.78. The highest BCUT2D eigenvalue weighted by Gasteiger charge is 2.14. The summed E-state index contributed by atoms with van der Waals surface area (Å²) in [5.74, 6) is -0.308. The largest absolute Gasteiger partial charge is 0.324 e. The van der Waals surface area contributed by atoms with Crippen LogP contribution in [0.1, 0.15) is 10.4 Å². The Labute approximate surface area is 185 Å². The maximum atomic E-state index is 12.7. The summed E-state index contributed by atoms with van der Waals surface area (Å²) in [4.78, 5) is 24.8. The fourth-order valence-corrected chi connectivity index (χ4v) is 4.51. The molecule has 9 heteroatoms. The third kappa shape index (κ3) is 4.79. The van der Waals surface area contributed by atoms with E-state index >= 15 is 0 Å². The first-order valence-corrected chi connectivity index (χ1v) is 11.1. The number of aromatic nitrogens is 2. The molecule has 0 bridgehead atoms. The summed E-state index contributed by atoms with van der Waals surface area (Å²) in [7, 11) is 0. The molecule has 1 aromatic heterocycles. The summed E-state index contributed by atoms with van der Waals surface area (Å²) in [5.41, 5.74) is 1.13. The van der Waals surface area contributed by atoms with Crippen molar-refractivity contribution in [2.45, 2.75) is 4.34 Å². The van der Waals surface area contributed by atoms with Crippen LogP contribution in [0.5, 0.6) is 0 Å². The summed E-state index contributed by atoms with van der Waals surface area (Å²) in [6, 6.07) is 20.3. The van der Waals surface area contributed by atoms with Crippen LogP contribution in [-0.2, 0) is 4.79 Å². The molecule has 0 aliphatic carbocycles. The molecule has 0 saturated carbocycles. The van der Waals surface area contributed by atoms with Crippen LogP contribution in [0.3, 0.4) is 0 Å². The number of carbonyl (C=O) groups excluding carboxylic acids is 2. The Morgan fingerprint density at radius 3 is 2.57 bits per heavy atom. The number of benzene rings is 3. The van der Waals surface area contributed by atoms with Crippen LogP contribution in [0.4, 0.5) is 10.8 Å². The monoisotopic (exact) mass is 454 g/mol. The molecule has 4 rings (SSSR count).